The van der Waals surface area contributed by atoms with Crippen LogP contribution in [0.3, 0.4) is 0 Å². The Morgan fingerprint density at radius 2 is 1.18 bits per heavy atom. The fraction of sp³-hybridized carbons (Fsp3) is 0.294. The summed E-state index contributed by atoms with van der Waals surface area (Å²) in [5.41, 5.74) is 0. The third kappa shape index (κ3) is 3.89. The second-order valence-corrected chi connectivity index (χ2v) is 8.54. The quantitative estimate of drug-likeness (QED) is 0.729. The zero-order valence-electron chi connectivity index (χ0n) is 12.4. The fourth-order valence-corrected chi connectivity index (χ4v) is 5.31. The van der Waals surface area contributed by atoms with Crippen LogP contribution < -0.4 is 9.05 Å². The smallest absolute Gasteiger partial charge is 0.367 e. The summed E-state index contributed by atoms with van der Waals surface area (Å²) >= 11 is 5.88. The highest BCUT2D eigenvalue weighted by molar-refractivity contribution is 8.09. The Labute approximate surface area is 137 Å². The average Bonchev–Trinajstić information content (AvgIpc) is 2.57. The molecular weight excluding hydrogens is 313 g/mol. The molecule has 0 aliphatic carbocycles. The van der Waals surface area contributed by atoms with E-state index in [0.29, 0.717) is 0 Å². The van der Waals surface area contributed by atoms with Gasteiger partial charge in [0, 0.05) is 24.9 Å². The van der Waals surface area contributed by atoms with Crippen LogP contribution in [0.5, 0.6) is 11.5 Å². The predicted octanol–water partition coefficient (Wildman–Crippen LogP) is 4.85. The third-order valence-electron chi connectivity index (χ3n) is 3.61. The van der Waals surface area contributed by atoms with E-state index in [1.54, 1.807) is 0 Å². The van der Waals surface area contributed by atoms with E-state index in [2.05, 4.69) is 4.67 Å². The molecule has 0 unspecified atom stereocenters. The van der Waals surface area contributed by atoms with Crippen molar-refractivity contribution in [3.05, 3.63) is 60.7 Å². The molecule has 1 saturated heterocycles. The van der Waals surface area contributed by atoms with Crippen LogP contribution in [-0.2, 0) is 11.8 Å². The average molecular weight is 333 g/mol. The Balaban J connectivity index is 1.85. The molecule has 1 aliphatic heterocycles. The Kier molecular flexibility index (Phi) is 5.14. The lowest BCUT2D eigenvalue weighted by molar-refractivity contribution is 0.305. The molecule has 2 aromatic carbocycles. The molecule has 116 valence electrons. The standard InChI is InChI=1S/C17H20NO2PS/c22-21(18-14-8-3-9-15-18,19-16-10-4-1-5-11-16)20-17-12-6-2-7-13-17/h1-2,4-7,10-13H,3,8-9,14-15H2. The van der Waals surface area contributed by atoms with Gasteiger partial charge in [-0.15, -0.1) is 0 Å². The van der Waals surface area contributed by atoms with Crippen molar-refractivity contribution in [3.63, 3.8) is 0 Å². The highest BCUT2D eigenvalue weighted by Crippen LogP contribution is 2.53. The molecule has 0 aromatic heterocycles. The van der Waals surface area contributed by atoms with Gasteiger partial charge in [-0.25, -0.2) is 4.67 Å². The lowest BCUT2D eigenvalue weighted by Gasteiger charge is -2.35. The van der Waals surface area contributed by atoms with Crippen LogP contribution in [0.1, 0.15) is 19.3 Å². The van der Waals surface area contributed by atoms with E-state index in [0.717, 1.165) is 37.4 Å². The first-order valence-electron chi connectivity index (χ1n) is 7.61. The lowest BCUT2D eigenvalue weighted by atomic mass is 10.2. The van der Waals surface area contributed by atoms with E-state index in [1.807, 2.05) is 60.7 Å². The molecular formula is C17H20NO2PS. The fourth-order valence-electron chi connectivity index (χ4n) is 2.49. The summed E-state index contributed by atoms with van der Waals surface area (Å²) in [6, 6.07) is 19.5. The van der Waals surface area contributed by atoms with Gasteiger partial charge in [-0.2, -0.15) is 0 Å². The summed E-state index contributed by atoms with van der Waals surface area (Å²) in [5.74, 6) is 1.54. The maximum absolute atomic E-state index is 6.18. The van der Waals surface area contributed by atoms with Crippen LogP contribution in [0, 0.1) is 0 Å². The van der Waals surface area contributed by atoms with E-state index < -0.39 is 6.64 Å². The molecule has 3 rings (SSSR count). The van der Waals surface area contributed by atoms with Crippen molar-refractivity contribution in [1.82, 2.24) is 4.67 Å². The van der Waals surface area contributed by atoms with Crippen LogP contribution >= 0.6 is 6.64 Å². The third-order valence-corrected chi connectivity index (χ3v) is 6.72. The maximum Gasteiger partial charge on any atom is 0.367 e. The second-order valence-electron chi connectivity index (χ2n) is 5.29. The predicted molar refractivity (Wildman–Crippen MR) is 93.8 cm³/mol. The Bertz CT molecular complexity index is 584. The molecule has 22 heavy (non-hydrogen) atoms. The first-order chi connectivity index (χ1) is 10.8. The van der Waals surface area contributed by atoms with Crippen molar-refractivity contribution in [2.75, 3.05) is 13.1 Å². The summed E-state index contributed by atoms with van der Waals surface area (Å²) in [6.07, 6.45) is 3.55. The molecule has 1 fully saturated rings. The summed E-state index contributed by atoms with van der Waals surface area (Å²) in [5, 5.41) is 0. The molecule has 1 aliphatic rings. The molecule has 5 heteroatoms. The summed E-state index contributed by atoms with van der Waals surface area (Å²) < 4.78 is 14.6. The van der Waals surface area contributed by atoms with Gasteiger partial charge < -0.3 is 9.05 Å². The van der Waals surface area contributed by atoms with E-state index in [4.69, 9.17) is 20.9 Å². The van der Waals surface area contributed by atoms with Crippen LogP contribution in [0.2, 0.25) is 0 Å². The van der Waals surface area contributed by atoms with E-state index in [-0.39, 0.29) is 0 Å². The molecule has 3 nitrogen and oxygen atoms in total. The van der Waals surface area contributed by atoms with Crippen molar-refractivity contribution in [1.29, 1.82) is 0 Å². The Morgan fingerprint density at radius 1 is 0.727 bits per heavy atom. The van der Waals surface area contributed by atoms with Gasteiger partial charge in [-0.1, -0.05) is 42.8 Å². The largest absolute Gasteiger partial charge is 0.424 e. The minimum atomic E-state index is -2.57. The summed E-state index contributed by atoms with van der Waals surface area (Å²) in [7, 11) is 0. The van der Waals surface area contributed by atoms with Crippen LogP contribution in [-0.4, -0.2) is 17.8 Å². The second kappa shape index (κ2) is 7.28. The summed E-state index contributed by atoms with van der Waals surface area (Å²) in [4.78, 5) is 0. The van der Waals surface area contributed by atoms with Crippen molar-refractivity contribution in [3.8, 4) is 11.5 Å². The van der Waals surface area contributed by atoms with Crippen LogP contribution in [0.25, 0.3) is 0 Å². The van der Waals surface area contributed by atoms with Crippen molar-refractivity contribution in [2.24, 2.45) is 0 Å². The van der Waals surface area contributed by atoms with Gasteiger partial charge in [0.2, 0.25) is 0 Å². The number of hydrogen-bond donors (Lipinski definition) is 0. The number of para-hydroxylation sites is 2. The lowest BCUT2D eigenvalue weighted by Crippen LogP contribution is -2.30. The number of nitrogens with zero attached hydrogens (tertiary/aromatic N) is 1. The molecule has 0 amide bonds. The van der Waals surface area contributed by atoms with Crippen molar-refractivity contribution in [2.45, 2.75) is 19.3 Å². The molecule has 0 radical (unpaired) electrons. The molecule has 0 N–H and O–H groups in total. The van der Waals surface area contributed by atoms with Crippen LogP contribution in [0.15, 0.2) is 60.7 Å². The maximum atomic E-state index is 6.18. The van der Waals surface area contributed by atoms with E-state index in [9.17, 15) is 0 Å². The monoisotopic (exact) mass is 333 g/mol. The van der Waals surface area contributed by atoms with Gasteiger partial charge in [-0.05, 0) is 37.1 Å². The van der Waals surface area contributed by atoms with E-state index in [1.165, 1.54) is 6.42 Å². The topological polar surface area (TPSA) is 21.7 Å². The van der Waals surface area contributed by atoms with Gasteiger partial charge in [0.05, 0.1) is 0 Å². The summed E-state index contributed by atoms with van der Waals surface area (Å²) in [6.45, 7) is -0.689. The zero-order valence-corrected chi connectivity index (χ0v) is 14.1. The minimum Gasteiger partial charge on any atom is -0.424 e. The van der Waals surface area contributed by atoms with Gasteiger partial charge in [0.1, 0.15) is 11.5 Å². The van der Waals surface area contributed by atoms with Crippen LogP contribution in [0.4, 0.5) is 0 Å². The van der Waals surface area contributed by atoms with Gasteiger partial charge in [0.25, 0.3) is 0 Å². The molecule has 1 heterocycles. The first-order valence-corrected chi connectivity index (χ1v) is 10.2. The Morgan fingerprint density at radius 3 is 1.64 bits per heavy atom. The normalized spacial score (nSPS) is 16.2. The number of piperidine rings is 1. The number of hydrogen-bond acceptors (Lipinski definition) is 3. The van der Waals surface area contributed by atoms with Gasteiger partial charge in [0.15, 0.2) is 0 Å². The van der Waals surface area contributed by atoms with Gasteiger partial charge >= 0.3 is 6.64 Å². The minimum absolute atomic E-state index is 0.771. The Hall–Kier alpha value is -1.35. The van der Waals surface area contributed by atoms with Crippen molar-refractivity contribution < 1.29 is 9.05 Å². The zero-order chi connectivity index (χ0) is 15.3. The number of rotatable bonds is 5. The number of benzene rings is 2. The first kappa shape index (κ1) is 15.5. The molecule has 0 atom stereocenters. The highest BCUT2D eigenvalue weighted by atomic mass is 32.5. The molecule has 0 spiro atoms. The molecule has 2 aromatic rings. The SMILES string of the molecule is S=P(Oc1ccccc1)(Oc1ccccc1)N1CCCCC1. The molecule has 0 bridgehead atoms. The van der Waals surface area contributed by atoms with Crippen molar-refractivity contribution >= 4 is 18.4 Å². The highest BCUT2D eigenvalue weighted by Gasteiger charge is 2.32. The van der Waals surface area contributed by atoms with E-state index >= 15 is 0 Å². The molecule has 0 saturated carbocycles. The van der Waals surface area contributed by atoms with Gasteiger partial charge in [-0.3, -0.25) is 0 Å².